The number of carbonyl (C=O) groups excluding carboxylic acids is 1. The summed E-state index contributed by atoms with van der Waals surface area (Å²) in [4.78, 5) is 13.8. The van der Waals surface area contributed by atoms with E-state index in [1.165, 1.54) is 11.3 Å². The Kier molecular flexibility index (Phi) is 5.97. The van der Waals surface area contributed by atoms with Crippen LogP contribution in [0, 0.1) is 18.8 Å². The SMILES string of the molecule is Cc1cc(C(=O)NC2CCS(=O)CC2)sc1C#CCCO. The summed E-state index contributed by atoms with van der Waals surface area (Å²) in [5.74, 6) is 7.14. The highest BCUT2D eigenvalue weighted by Crippen LogP contribution is 2.21. The van der Waals surface area contributed by atoms with Gasteiger partial charge in [0.25, 0.3) is 5.91 Å². The van der Waals surface area contributed by atoms with Crippen LogP contribution < -0.4 is 5.32 Å². The van der Waals surface area contributed by atoms with E-state index in [4.69, 9.17) is 5.11 Å². The number of thiophene rings is 1. The lowest BCUT2D eigenvalue weighted by Crippen LogP contribution is -2.39. The zero-order valence-corrected chi connectivity index (χ0v) is 13.6. The van der Waals surface area contributed by atoms with Gasteiger partial charge in [-0.15, -0.1) is 11.3 Å². The van der Waals surface area contributed by atoms with Crippen molar-refractivity contribution in [2.24, 2.45) is 0 Å². The van der Waals surface area contributed by atoms with Crippen molar-refractivity contribution in [3.05, 3.63) is 21.4 Å². The Hall–Kier alpha value is -1.16. The molecule has 0 saturated carbocycles. The van der Waals surface area contributed by atoms with E-state index in [0.29, 0.717) is 22.8 Å². The lowest BCUT2D eigenvalue weighted by atomic mass is 10.1. The quantitative estimate of drug-likeness (QED) is 0.826. The molecule has 1 aliphatic rings. The van der Waals surface area contributed by atoms with Gasteiger partial charge < -0.3 is 10.4 Å². The molecule has 1 aromatic rings. The molecule has 1 fully saturated rings. The molecule has 21 heavy (non-hydrogen) atoms. The predicted molar refractivity (Wildman–Crippen MR) is 86.0 cm³/mol. The molecule has 0 spiro atoms. The molecule has 2 N–H and O–H groups in total. The number of rotatable bonds is 3. The first-order chi connectivity index (χ1) is 10.1. The van der Waals surface area contributed by atoms with Gasteiger partial charge in [0, 0.05) is 34.8 Å². The van der Waals surface area contributed by atoms with Crippen molar-refractivity contribution in [2.75, 3.05) is 18.1 Å². The standard InChI is InChI=1S/C15H19NO3S2/c1-11-10-14(20-13(11)4-2-3-7-17)15(18)16-12-5-8-21(19)9-6-12/h10,12,17H,3,5-9H2,1H3,(H,16,18). The summed E-state index contributed by atoms with van der Waals surface area (Å²) in [6.45, 7) is 1.98. The Morgan fingerprint density at radius 3 is 2.90 bits per heavy atom. The number of amides is 1. The van der Waals surface area contributed by atoms with Crippen LogP contribution in [0.1, 0.15) is 39.4 Å². The highest BCUT2D eigenvalue weighted by atomic mass is 32.2. The first-order valence-corrected chi connectivity index (χ1v) is 9.26. The number of aliphatic hydroxyl groups excluding tert-OH is 1. The van der Waals surface area contributed by atoms with Gasteiger partial charge in [-0.25, -0.2) is 0 Å². The third-order valence-electron chi connectivity index (χ3n) is 3.30. The lowest BCUT2D eigenvalue weighted by Gasteiger charge is -2.22. The van der Waals surface area contributed by atoms with E-state index in [0.717, 1.165) is 23.3 Å². The molecule has 0 radical (unpaired) electrons. The predicted octanol–water partition coefficient (Wildman–Crippen LogP) is 1.43. The number of hydrogen-bond donors (Lipinski definition) is 2. The summed E-state index contributed by atoms with van der Waals surface area (Å²) >= 11 is 1.38. The van der Waals surface area contributed by atoms with Crippen LogP contribution in [0.4, 0.5) is 0 Å². The van der Waals surface area contributed by atoms with Crippen molar-refractivity contribution >= 4 is 28.0 Å². The molecule has 1 saturated heterocycles. The summed E-state index contributed by atoms with van der Waals surface area (Å²) in [6.07, 6.45) is 2.01. The molecule has 1 aromatic heterocycles. The normalized spacial score (nSPS) is 21.4. The Bertz CT molecular complexity index is 588. The first kappa shape index (κ1) is 16.2. The van der Waals surface area contributed by atoms with E-state index >= 15 is 0 Å². The molecule has 0 atom stereocenters. The van der Waals surface area contributed by atoms with E-state index in [1.807, 2.05) is 13.0 Å². The molecule has 0 unspecified atom stereocenters. The van der Waals surface area contributed by atoms with E-state index in [1.54, 1.807) is 0 Å². The van der Waals surface area contributed by atoms with Gasteiger partial charge in [0.2, 0.25) is 0 Å². The fraction of sp³-hybridized carbons (Fsp3) is 0.533. The highest BCUT2D eigenvalue weighted by Gasteiger charge is 2.21. The summed E-state index contributed by atoms with van der Waals surface area (Å²) in [5.41, 5.74) is 0.986. The molecule has 0 aromatic carbocycles. The highest BCUT2D eigenvalue weighted by molar-refractivity contribution is 7.85. The lowest BCUT2D eigenvalue weighted by molar-refractivity contribution is 0.0938. The van der Waals surface area contributed by atoms with Gasteiger partial charge in [-0.05, 0) is 31.4 Å². The average molecular weight is 325 g/mol. The van der Waals surface area contributed by atoms with Crippen molar-refractivity contribution in [2.45, 2.75) is 32.2 Å². The van der Waals surface area contributed by atoms with Crippen LogP contribution in [0.25, 0.3) is 0 Å². The second kappa shape index (κ2) is 7.74. The second-order valence-electron chi connectivity index (χ2n) is 4.99. The summed E-state index contributed by atoms with van der Waals surface area (Å²) in [6, 6.07) is 1.98. The van der Waals surface area contributed by atoms with Crippen molar-refractivity contribution in [1.82, 2.24) is 5.32 Å². The maximum absolute atomic E-state index is 12.2. The summed E-state index contributed by atoms with van der Waals surface area (Å²) in [5, 5.41) is 11.7. The number of nitrogens with one attached hydrogen (secondary N) is 1. The number of aliphatic hydroxyl groups is 1. The number of aryl methyl sites for hydroxylation is 1. The Morgan fingerprint density at radius 1 is 1.52 bits per heavy atom. The van der Waals surface area contributed by atoms with Crippen LogP contribution in [-0.2, 0) is 10.8 Å². The van der Waals surface area contributed by atoms with Gasteiger partial charge in [0.15, 0.2) is 0 Å². The van der Waals surface area contributed by atoms with Crippen LogP contribution in [0.15, 0.2) is 6.07 Å². The van der Waals surface area contributed by atoms with E-state index in [9.17, 15) is 9.00 Å². The van der Waals surface area contributed by atoms with Crippen molar-refractivity contribution in [3.63, 3.8) is 0 Å². The summed E-state index contributed by atoms with van der Waals surface area (Å²) in [7, 11) is -0.712. The van der Waals surface area contributed by atoms with Gasteiger partial charge in [-0.1, -0.05) is 11.8 Å². The molecule has 1 aliphatic heterocycles. The van der Waals surface area contributed by atoms with Gasteiger partial charge in [0.1, 0.15) is 0 Å². The zero-order chi connectivity index (χ0) is 15.2. The van der Waals surface area contributed by atoms with Gasteiger partial charge in [0.05, 0.1) is 16.4 Å². The molecular formula is C15H19NO3S2. The molecule has 2 rings (SSSR count). The Morgan fingerprint density at radius 2 is 2.24 bits per heavy atom. The minimum absolute atomic E-state index is 0.0494. The number of hydrogen-bond acceptors (Lipinski definition) is 4. The molecule has 1 amide bonds. The molecule has 0 aliphatic carbocycles. The van der Waals surface area contributed by atoms with E-state index < -0.39 is 10.8 Å². The van der Waals surface area contributed by atoms with E-state index in [2.05, 4.69) is 17.2 Å². The molecule has 2 heterocycles. The van der Waals surface area contributed by atoms with Crippen molar-refractivity contribution in [3.8, 4) is 11.8 Å². The molecule has 0 bridgehead atoms. The monoisotopic (exact) mass is 325 g/mol. The zero-order valence-electron chi connectivity index (χ0n) is 12.0. The van der Waals surface area contributed by atoms with E-state index in [-0.39, 0.29) is 18.6 Å². The van der Waals surface area contributed by atoms with Crippen molar-refractivity contribution < 1.29 is 14.1 Å². The van der Waals surface area contributed by atoms with Gasteiger partial charge in [-0.2, -0.15) is 0 Å². The minimum Gasteiger partial charge on any atom is -0.395 e. The first-order valence-electron chi connectivity index (χ1n) is 6.96. The molecule has 114 valence electrons. The maximum Gasteiger partial charge on any atom is 0.261 e. The fourth-order valence-corrected chi connectivity index (χ4v) is 4.36. The number of carbonyl (C=O) groups is 1. The summed E-state index contributed by atoms with van der Waals surface area (Å²) < 4.78 is 11.3. The van der Waals surface area contributed by atoms with Gasteiger partial charge in [-0.3, -0.25) is 9.00 Å². The topological polar surface area (TPSA) is 66.4 Å². The van der Waals surface area contributed by atoms with Crippen LogP contribution in [0.2, 0.25) is 0 Å². The maximum atomic E-state index is 12.2. The van der Waals surface area contributed by atoms with Crippen LogP contribution in [0.3, 0.4) is 0 Å². The third kappa shape index (κ3) is 4.67. The van der Waals surface area contributed by atoms with Crippen LogP contribution >= 0.6 is 11.3 Å². The third-order valence-corrected chi connectivity index (χ3v) is 5.84. The van der Waals surface area contributed by atoms with Crippen LogP contribution in [0.5, 0.6) is 0 Å². The van der Waals surface area contributed by atoms with Crippen LogP contribution in [-0.4, -0.2) is 39.4 Å². The van der Waals surface area contributed by atoms with Crippen molar-refractivity contribution in [1.29, 1.82) is 0 Å². The molecule has 6 heteroatoms. The second-order valence-corrected chi connectivity index (χ2v) is 7.74. The fourth-order valence-electron chi connectivity index (χ4n) is 2.11. The molecule has 4 nitrogen and oxygen atoms in total. The largest absolute Gasteiger partial charge is 0.395 e. The molecular weight excluding hydrogens is 306 g/mol. The Labute approximate surface area is 131 Å². The Balaban J connectivity index is 1.98. The van der Waals surface area contributed by atoms with Gasteiger partial charge >= 0.3 is 0 Å². The minimum atomic E-state index is -0.712. The average Bonchev–Trinajstić information content (AvgIpc) is 2.83. The smallest absolute Gasteiger partial charge is 0.261 e.